The van der Waals surface area contributed by atoms with Gasteiger partial charge in [0.25, 0.3) is 0 Å². The maximum Gasteiger partial charge on any atom is 0.188 e. The molecule has 24 heavy (non-hydrogen) atoms. The topological polar surface area (TPSA) is 68.9 Å². The van der Waals surface area contributed by atoms with Crippen LogP contribution >= 0.6 is 0 Å². The van der Waals surface area contributed by atoms with Crippen LogP contribution in [0.15, 0.2) is 41.4 Å². The molecule has 1 saturated heterocycles. The van der Waals surface area contributed by atoms with E-state index >= 15 is 0 Å². The van der Waals surface area contributed by atoms with E-state index in [1.165, 1.54) is 5.56 Å². The monoisotopic (exact) mass is 331 g/mol. The number of guanidine groups is 1. The number of nitrogens with zero attached hydrogens (tertiary/aromatic N) is 1. The van der Waals surface area contributed by atoms with Crippen molar-refractivity contribution in [1.82, 2.24) is 5.32 Å². The highest BCUT2D eigenvalue weighted by atomic mass is 16.5. The average molecular weight is 331 g/mol. The molecule has 0 saturated carbocycles. The van der Waals surface area contributed by atoms with Gasteiger partial charge in [-0.2, -0.15) is 0 Å². The normalized spacial score (nSPS) is 17.3. The zero-order valence-corrected chi connectivity index (χ0v) is 14.8. The Labute approximate surface area is 144 Å². The fourth-order valence-corrected chi connectivity index (χ4v) is 2.91. The van der Waals surface area contributed by atoms with Crippen molar-refractivity contribution < 1.29 is 9.47 Å². The summed E-state index contributed by atoms with van der Waals surface area (Å²) in [7, 11) is 0. The van der Waals surface area contributed by atoms with E-state index in [9.17, 15) is 0 Å². The minimum Gasteiger partial charge on any atom is -0.494 e. The summed E-state index contributed by atoms with van der Waals surface area (Å²) >= 11 is 0. The Bertz CT molecular complexity index is 560. The molecular formula is C19H29N3O2. The van der Waals surface area contributed by atoms with Crippen LogP contribution < -0.4 is 15.8 Å². The molecule has 132 valence electrons. The SMILES string of the molecule is C=C(C)CNC(N)=NCC1(c2ccc(OCC)cc2)CCOCC1. The third kappa shape index (κ3) is 4.99. The van der Waals surface area contributed by atoms with E-state index in [2.05, 4.69) is 29.0 Å². The van der Waals surface area contributed by atoms with Crippen molar-refractivity contribution in [2.24, 2.45) is 10.7 Å². The Morgan fingerprint density at radius 2 is 2.00 bits per heavy atom. The number of nitrogens with one attached hydrogen (secondary N) is 1. The van der Waals surface area contributed by atoms with Gasteiger partial charge in [-0.15, -0.1) is 0 Å². The van der Waals surface area contributed by atoms with Crippen LogP contribution in [0.5, 0.6) is 5.75 Å². The van der Waals surface area contributed by atoms with E-state index in [-0.39, 0.29) is 5.41 Å². The zero-order chi connectivity index (χ0) is 17.4. The Balaban J connectivity index is 2.13. The van der Waals surface area contributed by atoms with Gasteiger partial charge in [0.15, 0.2) is 5.96 Å². The molecule has 0 unspecified atom stereocenters. The van der Waals surface area contributed by atoms with Crippen LogP contribution in [0.25, 0.3) is 0 Å². The van der Waals surface area contributed by atoms with Crippen molar-refractivity contribution in [2.75, 3.05) is 32.9 Å². The van der Waals surface area contributed by atoms with Crippen LogP contribution in [0.4, 0.5) is 0 Å². The van der Waals surface area contributed by atoms with Gasteiger partial charge in [-0.3, -0.25) is 4.99 Å². The molecule has 3 N–H and O–H groups in total. The van der Waals surface area contributed by atoms with Crippen molar-refractivity contribution in [1.29, 1.82) is 0 Å². The lowest BCUT2D eigenvalue weighted by Crippen LogP contribution is -2.39. The maximum absolute atomic E-state index is 5.99. The highest BCUT2D eigenvalue weighted by Crippen LogP contribution is 2.36. The molecule has 2 rings (SSSR count). The van der Waals surface area contributed by atoms with Gasteiger partial charge in [0, 0.05) is 25.2 Å². The van der Waals surface area contributed by atoms with Crippen LogP contribution in [-0.2, 0) is 10.2 Å². The summed E-state index contributed by atoms with van der Waals surface area (Å²) in [5.41, 5.74) is 8.25. The van der Waals surface area contributed by atoms with E-state index in [0.29, 0.717) is 25.7 Å². The van der Waals surface area contributed by atoms with E-state index in [1.807, 2.05) is 26.0 Å². The first-order valence-electron chi connectivity index (χ1n) is 8.55. The molecule has 1 aromatic carbocycles. The first-order valence-corrected chi connectivity index (χ1v) is 8.55. The summed E-state index contributed by atoms with van der Waals surface area (Å²) in [6, 6.07) is 8.34. The number of aliphatic imine (C=N–C) groups is 1. The molecule has 1 aromatic rings. The molecule has 1 heterocycles. The number of rotatable bonds is 7. The number of hydrogen-bond donors (Lipinski definition) is 2. The van der Waals surface area contributed by atoms with Crippen LogP contribution in [0, 0.1) is 0 Å². The lowest BCUT2D eigenvalue weighted by molar-refractivity contribution is 0.0531. The van der Waals surface area contributed by atoms with Gasteiger partial charge in [-0.25, -0.2) is 0 Å². The fraction of sp³-hybridized carbons (Fsp3) is 0.526. The van der Waals surface area contributed by atoms with Crippen LogP contribution in [-0.4, -0.2) is 38.9 Å². The molecule has 0 amide bonds. The largest absolute Gasteiger partial charge is 0.494 e. The second kappa shape index (κ2) is 8.73. The van der Waals surface area contributed by atoms with Gasteiger partial charge in [0.05, 0.1) is 13.2 Å². The first kappa shape index (κ1) is 18.3. The summed E-state index contributed by atoms with van der Waals surface area (Å²) in [5, 5.41) is 3.09. The molecule has 5 nitrogen and oxygen atoms in total. The smallest absolute Gasteiger partial charge is 0.188 e. The molecular weight excluding hydrogens is 302 g/mol. The van der Waals surface area contributed by atoms with Gasteiger partial charge in [-0.1, -0.05) is 24.3 Å². The highest BCUT2D eigenvalue weighted by Gasteiger charge is 2.34. The summed E-state index contributed by atoms with van der Waals surface area (Å²) in [5.74, 6) is 1.37. The lowest BCUT2D eigenvalue weighted by Gasteiger charge is -2.36. The van der Waals surface area contributed by atoms with Crippen molar-refractivity contribution in [3.8, 4) is 5.75 Å². The molecule has 0 bridgehead atoms. The van der Waals surface area contributed by atoms with Crippen LogP contribution in [0.1, 0.15) is 32.3 Å². The third-order valence-corrected chi connectivity index (χ3v) is 4.35. The minimum absolute atomic E-state index is 0.0292. The predicted molar refractivity (Wildman–Crippen MR) is 98.6 cm³/mol. The average Bonchev–Trinajstić information content (AvgIpc) is 2.60. The van der Waals surface area contributed by atoms with E-state index in [1.54, 1.807) is 0 Å². The van der Waals surface area contributed by atoms with Gasteiger partial charge in [0.2, 0.25) is 0 Å². The van der Waals surface area contributed by atoms with Crippen LogP contribution in [0.3, 0.4) is 0 Å². The summed E-state index contributed by atoms with van der Waals surface area (Å²) in [4.78, 5) is 4.58. The van der Waals surface area contributed by atoms with Crippen LogP contribution in [0.2, 0.25) is 0 Å². The highest BCUT2D eigenvalue weighted by molar-refractivity contribution is 5.78. The third-order valence-electron chi connectivity index (χ3n) is 4.35. The molecule has 0 aromatic heterocycles. The van der Waals surface area contributed by atoms with E-state index in [0.717, 1.165) is 37.4 Å². The molecule has 1 fully saturated rings. The van der Waals surface area contributed by atoms with E-state index in [4.69, 9.17) is 15.2 Å². The first-order chi connectivity index (χ1) is 11.6. The molecule has 1 aliphatic rings. The zero-order valence-electron chi connectivity index (χ0n) is 14.8. The van der Waals surface area contributed by atoms with Crippen molar-refractivity contribution in [2.45, 2.75) is 32.1 Å². The molecule has 0 spiro atoms. The Morgan fingerprint density at radius 3 is 2.58 bits per heavy atom. The van der Waals surface area contributed by atoms with Crippen molar-refractivity contribution in [3.05, 3.63) is 42.0 Å². The standard InChI is InChI=1S/C19H29N3O2/c1-4-24-17-7-5-16(6-8-17)19(9-11-23-12-10-19)14-22-18(20)21-13-15(2)3/h5-8H,2,4,9-14H2,1,3H3,(H3,20,21,22). The number of benzene rings is 1. The molecule has 5 heteroatoms. The minimum atomic E-state index is -0.0292. The van der Waals surface area contributed by atoms with Gasteiger partial charge < -0.3 is 20.5 Å². The molecule has 0 radical (unpaired) electrons. The van der Waals surface area contributed by atoms with E-state index < -0.39 is 0 Å². The summed E-state index contributed by atoms with van der Waals surface area (Å²) in [6.07, 6.45) is 1.89. The van der Waals surface area contributed by atoms with Gasteiger partial charge in [0.1, 0.15) is 5.75 Å². The second-order valence-electron chi connectivity index (χ2n) is 6.36. The maximum atomic E-state index is 5.99. The fourth-order valence-electron chi connectivity index (χ4n) is 2.91. The Kier molecular flexibility index (Phi) is 6.67. The number of hydrogen-bond acceptors (Lipinski definition) is 3. The predicted octanol–water partition coefficient (Wildman–Crippen LogP) is 2.61. The molecule has 0 aliphatic carbocycles. The summed E-state index contributed by atoms with van der Waals surface area (Å²) in [6.45, 7) is 11.3. The molecule has 1 aliphatic heterocycles. The molecule has 0 atom stereocenters. The quantitative estimate of drug-likeness (QED) is 0.458. The van der Waals surface area contributed by atoms with Crippen molar-refractivity contribution >= 4 is 5.96 Å². The Hall–Kier alpha value is -2.01. The number of ether oxygens (including phenoxy) is 2. The summed E-state index contributed by atoms with van der Waals surface area (Å²) < 4.78 is 11.1. The number of nitrogens with two attached hydrogens (primary N) is 1. The Morgan fingerprint density at radius 1 is 1.33 bits per heavy atom. The van der Waals surface area contributed by atoms with Gasteiger partial charge >= 0.3 is 0 Å². The second-order valence-corrected chi connectivity index (χ2v) is 6.36. The van der Waals surface area contributed by atoms with Gasteiger partial charge in [-0.05, 0) is 44.4 Å². The lowest BCUT2D eigenvalue weighted by atomic mass is 9.74. The van der Waals surface area contributed by atoms with Crippen molar-refractivity contribution in [3.63, 3.8) is 0 Å².